The van der Waals surface area contributed by atoms with Gasteiger partial charge in [-0.05, 0) is 20.8 Å². The lowest BCUT2D eigenvalue weighted by molar-refractivity contribution is -0.142. The Hall–Kier alpha value is -1.44. The fourth-order valence-corrected chi connectivity index (χ4v) is 3.45. The quantitative estimate of drug-likeness (QED) is 0.875. The van der Waals surface area contributed by atoms with Crippen molar-refractivity contribution >= 4 is 5.91 Å². The average molecular weight is 335 g/mol. The van der Waals surface area contributed by atoms with Crippen LogP contribution in [0.5, 0.6) is 0 Å². The van der Waals surface area contributed by atoms with Gasteiger partial charge >= 0.3 is 0 Å². The highest BCUT2D eigenvalue weighted by atomic mass is 16.5. The zero-order valence-corrected chi connectivity index (χ0v) is 15.0. The predicted octanol–water partition coefficient (Wildman–Crippen LogP) is 0.644. The Morgan fingerprint density at radius 3 is 2.71 bits per heavy atom. The first-order valence-electron chi connectivity index (χ1n) is 8.89. The van der Waals surface area contributed by atoms with Crippen molar-refractivity contribution in [2.24, 2.45) is 0 Å². The van der Waals surface area contributed by atoms with Gasteiger partial charge in [0, 0.05) is 50.7 Å². The molecule has 2 aliphatic rings. The van der Waals surface area contributed by atoms with Gasteiger partial charge in [-0.2, -0.15) is 0 Å². The third-order valence-electron chi connectivity index (χ3n) is 4.98. The first-order valence-corrected chi connectivity index (χ1v) is 8.89. The Morgan fingerprint density at radius 2 is 2.08 bits per heavy atom. The number of hydrogen-bond acceptors (Lipinski definition) is 5. The van der Waals surface area contributed by atoms with Crippen LogP contribution in [0.2, 0.25) is 0 Å². The van der Waals surface area contributed by atoms with E-state index in [2.05, 4.69) is 33.6 Å². The number of nitrogens with zero attached hydrogens (tertiary/aromatic N) is 4. The molecule has 1 atom stereocenters. The molecule has 1 aromatic rings. The molecule has 1 aromatic heterocycles. The van der Waals surface area contributed by atoms with E-state index in [1.807, 2.05) is 11.8 Å². The number of ether oxygens (including phenoxy) is 1. The standard InChI is InChI=1S/C17H29N5O2/c1-13(2)21-6-4-20(5-7-21)11-16(23)22-8-9-24-12-15(22)17-18-10-14(3)19-17/h10,13,15H,4-9,11-12H2,1-3H3,(H,18,19)/t15-/m1/s1. The molecule has 134 valence electrons. The van der Waals surface area contributed by atoms with E-state index >= 15 is 0 Å². The van der Waals surface area contributed by atoms with Gasteiger partial charge in [0.15, 0.2) is 0 Å². The van der Waals surface area contributed by atoms with Crippen LogP contribution in [0, 0.1) is 6.92 Å². The molecular weight excluding hydrogens is 306 g/mol. The van der Waals surface area contributed by atoms with Gasteiger partial charge in [0.1, 0.15) is 11.9 Å². The first kappa shape index (κ1) is 17.4. The monoisotopic (exact) mass is 335 g/mol. The number of aromatic amines is 1. The molecular formula is C17H29N5O2. The lowest BCUT2D eigenvalue weighted by Gasteiger charge is -2.39. The second-order valence-corrected chi connectivity index (χ2v) is 7.04. The number of imidazole rings is 1. The Morgan fingerprint density at radius 1 is 1.33 bits per heavy atom. The summed E-state index contributed by atoms with van der Waals surface area (Å²) in [6.07, 6.45) is 1.80. The van der Waals surface area contributed by atoms with Crippen molar-refractivity contribution in [3.8, 4) is 0 Å². The molecule has 0 radical (unpaired) electrons. The molecule has 0 bridgehead atoms. The molecule has 1 amide bonds. The first-order chi connectivity index (χ1) is 11.5. The van der Waals surface area contributed by atoms with Gasteiger partial charge in [-0.3, -0.25) is 14.6 Å². The third kappa shape index (κ3) is 3.96. The van der Waals surface area contributed by atoms with E-state index in [1.165, 1.54) is 0 Å². The minimum Gasteiger partial charge on any atom is -0.377 e. The van der Waals surface area contributed by atoms with Gasteiger partial charge in [-0.1, -0.05) is 0 Å². The molecule has 24 heavy (non-hydrogen) atoms. The summed E-state index contributed by atoms with van der Waals surface area (Å²) in [5, 5.41) is 0. The Bertz CT molecular complexity index is 551. The molecule has 7 nitrogen and oxygen atoms in total. The second-order valence-electron chi connectivity index (χ2n) is 7.04. The van der Waals surface area contributed by atoms with Crippen LogP contribution in [0.25, 0.3) is 0 Å². The predicted molar refractivity (Wildman–Crippen MR) is 91.7 cm³/mol. The summed E-state index contributed by atoms with van der Waals surface area (Å²) >= 11 is 0. The maximum atomic E-state index is 12.8. The molecule has 0 unspecified atom stereocenters. The molecule has 2 fully saturated rings. The molecule has 1 N–H and O–H groups in total. The number of nitrogens with one attached hydrogen (secondary N) is 1. The molecule has 3 rings (SSSR count). The molecule has 0 aliphatic carbocycles. The van der Waals surface area contributed by atoms with Crippen LogP contribution in [0.1, 0.15) is 31.4 Å². The van der Waals surface area contributed by atoms with Crippen molar-refractivity contribution in [2.75, 3.05) is 52.5 Å². The number of hydrogen-bond donors (Lipinski definition) is 1. The van der Waals surface area contributed by atoms with Crippen molar-refractivity contribution in [3.63, 3.8) is 0 Å². The minimum atomic E-state index is -0.100. The number of carbonyl (C=O) groups excluding carboxylic acids is 1. The number of rotatable bonds is 4. The number of carbonyl (C=O) groups is 1. The Kier molecular flexibility index (Phi) is 5.53. The summed E-state index contributed by atoms with van der Waals surface area (Å²) in [5.41, 5.74) is 1.01. The van der Waals surface area contributed by atoms with Gasteiger partial charge < -0.3 is 14.6 Å². The van der Waals surface area contributed by atoms with Crippen LogP contribution in [0.4, 0.5) is 0 Å². The minimum absolute atomic E-state index is 0.100. The zero-order valence-electron chi connectivity index (χ0n) is 15.0. The highest BCUT2D eigenvalue weighted by Crippen LogP contribution is 2.22. The highest BCUT2D eigenvalue weighted by Gasteiger charge is 2.32. The number of amides is 1. The fourth-order valence-electron chi connectivity index (χ4n) is 3.45. The van der Waals surface area contributed by atoms with Crippen LogP contribution in [-0.2, 0) is 9.53 Å². The van der Waals surface area contributed by atoms with Crippen LogP contribution >= 0.6 is 0 Å². The maximum Gasteiger partial charge on any atom is 0.237 e. The maximum absolute atomic E-state index is 12.8. The average Bonchev–Trinajstić information content (AvgIpc) is 3.01. The summed E-state index contributed by atoms with van der Waals surface area (Å²) in [5.74, 6) is 1.00. The van der Waals surface area contributed by atoms with E-state index in [1.54, 1.807) is 6.20 Å². The summed E-state index contributed by atoms with van der Waals surface area (Å²) in [7, 11) is 0. The molecule has 3 heterocycles. The third-order valence-corrected chi connectivity index (χ3v) is 4.98. The molecule has 0 aromatic carbocycles. The van der Waals surface area contributed by atoms with Crippen LogP contribution < -0.4 is 0 Å². The van der Waals surface area contributed by atoms with Crippen molar-refractivity contribution in [3.05, 3.63) is 17.7 Å². The lowest BCUT2D eigenvalue weighted by atomic mass is 10.2. The molecule has 0 saturated carbocycles. The molecule has 2 saturated heterocycles. The largest absolute Gasteiger partial charge is 0.377 e. The second kappa shape index (κ2) is 7.63. The SMILES string of the molecule is Cc1cnc([C@H]2COCCN2C(=O)CN2CCN(C(C)C)CC2)[nH]1. The number of aromatic nitrogens is 2. The topological polar surface area (TPSA) is 64.7 Å². The van der Waals surface area contributed by atoms with E-state index in [4.69, 9.17) is 4.74 Å². The number of morpholine rings is 1. The molecule has 0 spiro atoms. The Labute approximate surface area is 144 Å². The van der Waals surface area contributed by atoms with Gasteiger partial charge in [0.05, 0.1) is 19.8 Å². The van der Waals surface area contributed by atoms with Gasteiger partial charge in [0.2, 0.25) is 5.91 Å². The molecule has 7 heteroatoms. The van der Waals surface area contributed by atoms with Crippen LogP contribution in [0.15, 0.2) is 6.20 Å². The smallest absolute Gasteiger partial charge is 0.237 e. The van der Waals surface area contributed by atoms with Crippen LogP contribution in [-0.4, -0.2) is 89.1 Å². The summed E-state index contributed by atoms with van der Waals surface area (Å²) < 4.78 is 5.58. The van der Waals surface area contributed by atoms with E-state index in [9.17, 15) is 4.79 Å². The fraction of sp³-hybridized carbons (Fsp3) is 0.765. The van der Waals surface area contributed by atoms with Crippen molar-refractivity contribution in [1.82, 2.24) is 24.7 Å². The van der Waals surface area contributed by atoms with Gasteiger partial charge in [0.25, 0.3) is 0 Å². The van der Waals surface area contributed by atoms with Crippen LogP contribution in [0.3, 0.4) is 0 Å². The summed E-state index contributed by atoms with van der Waals surface area (Å²) in [6, 6.07) is 0.477. The number of aryl methyl sites for hydroxylation is 1. The van der Waals surface area contributed by atoms with Gasteiger partial charge in [-0.25, -0.2) is 4.98 Å². The van der Waals surface area contributed by atoms with E-state index < -0.39 is 0 Å². The highest BCUT2D eigenvalue weighted by molar-refractivity contribution is 5.78. The molecule has 2 aliphatic heterocycles. The van der Waals surface area contributed by atoms with Crippen molar-refractivity contribution in [1.29, 1.82) is 0 Å². The van der Waals surface area contributed by atoms with E-state index in [0.717, 1.165) is 37.7 Å². The number of piperazine rings is 1. The zero-order chi connectivity index (χ0) is 17.1. The van der Waals surface area contributed by atoms with Crippen molar-refractivity contribution in [2.45, 2.75) is 32.9 Å². The Balaban J connectivity index is 1.59. The summed E-state index contributed by atoms with van der Waals surface area (Å²) in [6.45, 7) is 12.6. The van der Waals surface area contributed by atoms with E-state index in [0.29, 0.717) is 32.3 Å². The normalized spacial score (nSPS) is 23.8. The van der Waals surface area contributed by atoms with Gasteiger partial charge in [-0.15, -0.1) is 0 Å². The lowest BCUT2D eigenvalue weighted by Crippen LogP contribution is -2.53. The van der Waals surface area contributed by atoms with Crippen molar-refractivity contribution < 1.29 is 9.53 Å². The summed E-state index contributed by atoms with van der Waals surface area (Å²) in [4.78, 5) is 27.1. The van der Waals surface area contributed by atoms with E-state index in [-0.39, 0.29) is 11.9 Å². The number of H-pyrrole nitrogens is 1.